The lowest BCUT2D eigenvalue weighted by molar-refractivity contribution is -0.149. The zero-order chi connectivity index (χ0) is 5.86. The third kappa shape index (κ3) is 2.36. The van der Waals surface area contributed by atoms with Crippen LogP contribution in [0.25, 0.3) is 0 Å². The second-order valence-corrected chi connectivity index (χ2v) is 2.01. The summed E-state index contributed by atoms with van der Waals surface area (Å²) in [5.74, 6) is -0.0332. The summed E-state index contributed by atoms with van der Waals surface area (Å²) in [6.07, 6.45) is 0. The Morgan fingerprint density at radius 2 is 2.29 bits per heavy atom. The van der Waals surface area contributed by atoms with Crippen LogP contribution in [-0.4, -0.2) is 28.1 Å². The molecule has 0 saturated carbocycles. The van der Waals surface area contributed by atoms with E-state index in [9.17, 15) is 4.79 Å². The summed E-state index contributed by atoms with van der Waals surface area (Å²) in [6.45, 7) is 1.47. The van der Waals surface area contributed by atoms with Gasteiger partial charge in [0.25, 0.3) is 0 Å². The van der Waals surface area contributed by atoms with Crippen molar-refractivity contribution in [3.63, 3.8) is 0 Å². The first-order valence-electron chi connectivity index (χ1n) is 1.97. The number of nitrogens with zero attached hydrogens (tertiary/aromatic N) is 1. The summed E-state index contributed by atoms with van der Waals surface area (Å²) < 4.78 is 1.29. The molecule has 0 unspecified atom stereocenters. The fourth-order valence-corrected chi connectivity index (χ4v) is 0.129. The van der Waals surface area contributed by atoms with Crippen LogP contribution in [-0.2, 0) is 9.63 Å². The van der Waals surface area contributed by atoms with E-state index in [4.69, 9.17) is 0 Å². The largest absolute Gasteiger partial charge is 0.284 e. The lowest BCUT2D eigenvalue weighted by atomic mass is 10.8. The van der Waals surface area contributed by atoms with Crippen molar-refractivity contribution in [3.8, 4) is 0 Å². The summed E-state index contributed by atoms with van der Waals surface area (Å²) in [7, 11) is 2.12. The summed E-state index contributed by atoms with van der Waals surface area (Å²) in [5.41, 5.74) is 0. The van der Waals surface area contributed by atoms with Crippen molar-refractivity contribution in [2.24, 2.45) is 0 Å². The average Bonchev–Trinajstić information content (AvgIpc) is 1.65. The first-order chi connectivity index (χ1) is 3.18. The Hall–Kier alpha value is -0.353. The molecule has 3 nitrogen and oxygen atoms in total. The van der Waals surface area contributed by atoms with Crippen LogP contribution >= 0.6 is 0 Å². The van der Waals surface area contributed by atoms with E-state index in [-0.39, 0.29) is 5.91 Å². The van der Waals surface area contributed by atoms with E-state index in [1.54, 1.807) is 0 Å². The highest BCUT2D eigenvalue weighted by Crippen LogP contribution is 1.77. The predicted octanol–water partition coefficient (Wildman–Crippen LogP) is -1.32. The number of hydrogen-bond acceptors (Lipinski definition) is 2. The number of carbonyl (C=O) groups excluding carboxylic acids is 1. The zero-order valence-corrected chi connectivity index (χ0v) is 6.76. The molecule has 0 aromatic carbocycles. The smallest absolute Gasteiger partial charge is 0.233 e. The van der Waals surface area contributed by atoms with Gasteiger partial charge in [0.2, 0.25) is 5.91 Å². The number of carbonyl (C=O) groups is 1. The number of hydrogen-bond donors (Lipinski definition) is 0. The van der Waals surface area contributed by atoms with Crippen molar-refractivity contribution in [1.29, 1.82) is 0 Å². The predicted molar refractivity (Wildman–Crippen MR) is 29.5 cm³/mol. The van der Waals surface area contributed by atoms with Crippen LogP contribution in [0.5, 0.6) is 0 Å². The summed E-state index contributed by atoms with van der Waals surface area (Å²) in [4.78, 5) is 14.8. The van der Waals surface area contributed by atoms with E-state index >= 15 is 0 Å². The van der Waals surface area contributed by atoms with Crippen LogP contribution in [0.2, 0.25) is 0 Å². The molecular weight excluding hydrogens is 110 g/mol. The molecule has 0 bridgehead atoms. The van der Waals surface area contributed by atoms with E-state index in [0.717, 1.165) is 0 Å². The van der Waals surface area contributed by atoms with Gasteiger partial charge < -0.3 is 0 Å². The van der Waals surface area contributed by atoms with Gasteiger partial charge in [-0.2, -0.15) is 0 Å². The maximum atomic E-state index is 10.2. The van der Waals surface area contributed by atoms with Gasteiger partial charge in [-0.15, -0.1) is 0 Å². The molecular formula is C3H9NO2Si. The maximum Gasteiger partial charge on any atom is 0.233 e. The number of amides is 1. The van der Waals surface area contributed by atoms with Crippen LogP contribution in [0.3, 0.4) is 0 Å². The van der Waals surface area contributed by atoms with Gasteiger partial charge in [-0.25, -0.2) is 0 Å². The summed E-state index contributed by atoms with van der Waals surface area (Å²) in [5, 5.41) is 0. The quantitative estimate of drug-likeness (QED) is 0.316. The van der Waals surface area contributed by atoms with Crippen molar-refractivity contribution >= 4 is 16.3 Å². The molecule has 0 aromatic rings. The molecule has 1 amide bonds. The molecule has 4 heteroatoms. The molecule has 0 aromatic heterocycles. The van der Waals surface area contributed by atoms with E-state index in [1.165, 1.54) is 18.8 Å². The molecule has 0 fully saturated rings. The Kier molecular flexibility index (Phi) is 2.62. The molecule has 0 heterocycles. The van der Waals surface area contributed by atoms with Crippen LogP contribution in [0.1, 0.15) is 6.92 Å². The highest BCUT2D eigenvalue weighted by molar-refractivity contribution is 6.12. The molecule has 0 N–H and O–H groups in total. The zero-order valence-electron chi connectivity index (χ0n) is 4.76. The lowest BCUT2D eigenvalue weighted by Gasteiger charge is -2.09. The van der Waals surface area contributed by atoms with Crippen molar-refractivity contribution in [3.05, 3.63) is 0 Å². The fraction of sp³-hybridized carbons (Fsp3) is 0.667. The van der Waals surface area contributed by atoms with Gasteiger partial charge in [0.15, 0.2) is 0 Å². The van der Waals surface area contributed by atoms with Gasteiger partial charge in [-0.3, -0.25) is 14.4 Å². The SMILES string of the molecule is CON([SiH3])C(C)=O. The van der Waals surface area contributed by atoms with Crippen LogP contribution < -0.4 is 0 Å². The van der Waals surface area contributed by atoms with E-state index in [1.807, 2.05) is 0 Å². The van der Waals surface area contributed by atoms with Crippen LogP contribution in [0, 0.1) is 0 Å². The van der Waals surface area contributed by atoms with Crippen molar-refractivity contribution in [2.45, 2.75) is 6.92 Å². The van der Waals surface area contributed by atoms with Gasteiger partial charge in [0.05, 0.1) is 7.11 Å². The molecule has 0 spiro atoms. The molecule has 0 aliphatic carbocycles. The number of hydroxylamine groups is 1. The Balaban J connectivity index is 3.34. The molecule has 0 aliphatic heterocycles. The minimum absolute atomic E-state index is 0.0332. The first kappa shape index (κ1) is 6.65. The van der Waals surface area contributed by atoms with Crippen molar-refractivity contribution < 1.29 is 9.63 Å². The van der Waals surface area contributed by atoms with Gasteiger partial charge in [0.1, 0.15) is 10.4 Å². The van der Waals surface area contributed by atoms with Crippen LogP contribution in [0.15, 0.2) is 0 Å². The normalized spacial score (nSPS) is 8.86. The molecule has 0 atom stereocenters. The minimum atomic E-state index is -0.0332. The molecule has 7 heavy (non-hydrogen) atoms. The summed E-state index contributed by atoms with van der Waals surface area (Å²) in [6, 6.07) is 0. The average molecular weight is 119 g/mol. The highest BCUT2D eigenvalue weighted by atomic mass is 28.2. The van der Waals surface area contributed by atoms with E-state index < -0.39 is 0 Å². The van der Waals surface area contributed by atoms with Gasteiger partial charge >= 0.3 is 0 Å². The van der Waals surface area contributed by atoms with E-state index in [0.29, 0.717) is 10.4 Å². The van der Waals surface area contributed by atoms with E-state index in [2.05, 4.69) is 4.84 Å². The molecule has 0 radical (unpaired) electrons. The Morgan fingerprint density at radius 1 is 1.86 bits per heavy atom. The highest BCUT2D eigenvalue weighted by Gasteiger charge is 1.94. The Bertz CT molecular complexity index is 75.3. The Morgan fingerprint density at radius 3 is 2.29 bits per heavy atom. The number of rotatable bonds is 1. The van der Waals surface area contributed by atoms with Crippen molar-refractivity contribution in [1.82, 2.24) is 4.73 Å². The summed E-state index contributed by atoms with van der Waals surface area (Å²) >= 11 is 0. The lowest BCUT2D eigenvalue weighted by Crippen LogP contribution is -2.23. The maximum absolute atomic E-state index is 10.2. The first-order valence-corrected chi connectivity index (χ1v) is 2.86. The Labute approximate surface area is 45.7 Å². The van der Waals surface area contributed by atoms with Crippen molar-refractivity contribution in [2.75, 3.05) is 7.11 Å². The minimum Gasteiger partial charge on any atom is -0.284 e. The monoisotopic (exact) mass is 119 g/mol. The van der Waals surface area contributed by atoms with Gasteiger partial charge in [-0.05, 0) is 0 Å². The third-order valence-corrected chi connectivity index (χ3v) is 1.71. The van der Waals surface area contributed by atoms with Crippen LogP contribution in [0.4, 0.5) is 0 Å². The third-order valence-electron chi connectivity index (χ3n) is 0.717. The molecule has 0 rings (SSSR count). The standard InChI is InChI=1S/C3H9NO2Si/c1-3(5)4(7)6-2/h1-2,7H3. The topological polar surface area (TPSA) is 29.5 Å². The van der Waals surface area contributed by atoms with Gasteiger partial charge in [-0.1, -0.05) is 0 Å². The molecule has 0 saturated heterocycles. The second-order valence-electron chi connectivity index (χ2n) is 1.20. The van der Waals surface area contributed by atoms with Gasteiger partial charge in [0, 0.05) is 6.92 Å². The molecule has 42 valence electrons. The fourth-order valence-electron chi connectivity index (χ4n) is 0.129. The molecule has 0 aliphatic rings. The second kappa shape index (κ2) is 2.76.